The van der Waals surface area contributed by atoms with E-state index in [0.29, 0.717) is 0 Å². The summed E-state index contributed by atoms with van der Waals surface area (Å²) >= 11 is 7.14. The smallest absolute Gasteiger partial charge is 0.350 e. The maximum Gasteiger partial charge on any atom is 0.350 e. The lowest BCUT2D eigenvalue weighted by Crippen LogP contribution is -2.23. The number of anilines is 1. The predicted molar refractivity (Wildman–Crippen MR) is 95.9 cm³/mol. The zero-order chi connectivity index (χ0) is 18.8. The lowest BCUT2D eigenvalue weighted by Gasteiger charge is -2.13. The normalized spacial score (nSPS) is 11.4. The van der Waals surface area contributed by atoms with E-state index in [1.54, 1.807) is 11.4 Å². The number of hydrogen-bond acceptors (Lipinski definition) is 6. The first-order valence-corrected chi connectivity index (χ1v) is 9.57. The maximum absolute atomic E-state index is 12.5. The number of thiophene rings is 1. The number of nitrogens with zero attached hydrogens (tertiary/aromatic N) is 1. The monoisotopic (exact) mass is 402 g/mol. The number of benzene rings is 1. The van der Waals surface area contributed by atoms with Crippen molar-refractivity contribution in [3.8, 4) is 0 Å². The minimum Gasteiger partial charge on any atom is -0.465 e. The predicted octanol–water partition coefficient (Wildman–Crippen LogP) is 2.69. The van der Waals surface area contributed by atoms with Crippen molar-refractivity contribution in [2.75, 3.05) is 26.5 Å². The fourth-order valence-corrected chi connectivity index (χ4v) is 3.80. The molecule has 0 unspecified atom stereocenters. The van der Waals surface area contributed by atoms with Gasteiger partial charge in [0, 0.05) is 14.1 Å². The molecule has 2 rings (SSSR count). The molecule has 25 heavy (non-hydrogen) atoms. The molecule has 1 heterocycles. The molecule has 10 heteroatoms. The first-order chi connectivity index (χ1) is 11.7. The van der Waals surface area contributed by atoms with Crippen molar-refractivity contribution in [3.63, 3.8) is 0 Å². The molecule has 1 N–H and O–H groups in total. The van der Waals surface area contributed by atoms with Crippen molar-refractivity contribution in [1.82, 2.24) is 4.31 Å². The molecule has 0 spiro atoms. The van der Waals surface area contributed by atoms with Crippen molar-refractivity contribution in [2.45, 2.75) is 4.90 Å². The van der Waals surface area contributed by atoms with Gasteiger partial charge in [0.25, 0.3) is 5.91 Å². The third-order valence-corrected chi connectivity index (χ3v) is 6.28. The summed E-state index contributed by atoms with van der Waals surface area (Å²) in [7, 11) is 0.295. The molecular formula is C15H15ClN2O5S2. The molecule has 7 nitrogen and oxygen atoms in total. The third kappa shape index (κ3) is 4.01. The minimum atomic E-state index is -3.71. The van der Waals surface area contributed by atoms with Gasteiger partial charge in [-0.05, 0) is 29.6 Å². The summed E-state index contributed by atoms with van der Waals surface area (Å²) in [6, 6.07) is 5.39. The van der Waals surface area contributed by atoms with E-state index in [4.69, 9.17) is 11.6 Å². The second kappa shape index (κ2) is 7.52. The van der Waals surface area contributed by atoms with Crippen LogP contribution < -0.4 is 5.32 Å². The molecule has 0 saturated heterocycles. The average molecular weight is 403 g/mol. The van der Waals surface area contributed by atoms with Crippen molar-refractivity contribution < 1.29 is 22.7 Å². The molecule has 0 aliphatic heterocycles. The topological polar surface area (TPSA) is 92.8 Å². The van der Waals surface area contributed by atoms with Gasteiger partial charge in [-0.1, -0.05) is 11.6 Å². The van der Waals surface area contributed by atoms with E-state index >= 15 is 0 Å². The van der Waals surface area contributed by atoms with Gasteiger partial charge in [-0.25, -0.2) is 17.5 Å². The zero-order valence-corrected chi connectivity index (χ0v) is 16.0. The SMILES string of the molecule is COC(=O)c1sccc1NC(=O)c1cc(S(=O)(=O)N(C)C)ccc1Cl. The molecule has 0 atom stereocenters. The molecule has 134 valence electrons. The van der Waals surface area contributed by atoms with E-state index in [2.05, 4.69) is 10.1 Å². The molecule has 0 saturated carbocycles. The standard InChI is InChI=1S/C15H15ClN2O5S2/c1-18(2)25(21,22)9-4-5-11(16)10(8-9)14(19)17-12-6-7-24-13(12)15(20)23-3/h4-8H,1-3H3,(H,17,19). The molecule has 1 aromatic heterocycles. The number of carbonyl (C=O) groups is 2. The highest BCUT2D eigenvalue weighted by molar-refractivity contribution is 7.89. The number of ether oxygens (including phenoxy) is 1. The van der Waals surface area contributed by atoms with Gasteiger partial charge in [0.2, 0.25) is 10.0 Å². The van der Waals surface area contributed by atoms with E-state index in [-0.39, 0.29) is 26.0 Å². The lowest BCUT2D eigenvalue weighted by molar-refractivity contribution is 0.0607. The first-order valence-electron chi connectivity index (χ1n) is 6.87. The molecule has 0 fully saturated rings. The summed E-state index contributed by atoms with van der Waals surface area (Å²) in [5.74, 6) is -1.22. The fourth-order valence-electron chi connectivity index (χ4n) is 1.90. The first kappa shape index (κ1) is 19.4. The van der Waals surface area contributed by atoms with Gasteiger partial charge in [0.15, 0.2) is 0 Å². The summed E-state index contributed by atoms with van der Waals surface area (Å²) in [4.78, 5) is 24.3. The van der Waals surface area contributed by atoms with Crippen molar-refractivity contribution >= 4 is 50.5 Å². The third-order valence-electron chi connectivity index (χ3n) is 3.25. The van der Waals surface area contributed by atoms with Gasteiger partial charge >= 0.3 is 5.97 Å². The Morgan fingerprint density at radius 1 is 1.24 bits per heavy atom. The summed E-state index contributed by atoms with van der Waals surface area (Å²) in [6.07, 6.45) is 0. The van der Waals surface area contributed by atoms with Gasteiger partial charge in [-0.3, -0.25) is 4.79 Å². The number of halogens is 1. The number of nitrogens with one attached hydrogen (secondary N) is 1. The van der Waals surface area contributed by atoms with Crippen molar-refractivity contribution in [2.24, 2.45) is 0 Å². The van der Waals surface area contributed by atoms with Crippen LogP contribution in [0.25, 0.3) is 0 Å². The zero-order valence-electron chi connectivity index (χ0n) is 13.6. The number of amides is 1. The summed E-state index contributed by atoms with van der Waals surface area (Å²) in [5.41, 5.74) is 0.241. The Balaban J connectivity index is 2.38. The van der Waals surface area contributed by atoms with Gasteiger partial charge < -0.3 is 10.1 Å². The Kier molecular flexibility index (Phi) is 5.83. The van der Waals surface area contributed by atoms with Crippen LogP contribution in [0.5, 0.6) is 0 Å². The number of sulfonamides is 1. The van der Waals surface area contributed by atoms with Crippen LogP contribution in [0.1, 0.15) is 20.0 Å². The minimum absolute atomic E-state index is 0.0217. The van der Waals surface area contributed by atoms with Crippen molar-refractivity contribution in [3.05, 3.63) is 45.1 Å². The number of hydrogen-bond donors (Lipinski definition) is 1. The highest BCUT2D eigenvalue weighted by Gasteiger charge is 2.22. The number of methoxy groups -OCH3 is 1. The van der Waals surface area contributed by atoms with Crippen LogP contribution in [0.15, 0.2) is 34.5 Å². The van der Waals surface area contributed by atoms with Crippen LogP contribution >= 0.6 is 22.9 Å². The lowest BCUT2D eigenvalue weighted by atomic mass is 10.2. The quantitative estimate of drug-likeness (QED) is 0.776. The molecular weight excluding hydrogens is 388 g/mol. The highest BCUT2D eigenvalue weighted by Crippen LogP contribution is 2.26. The Hall–Kier alpha value is -1.94. The van der Waals surface area contributed by atoms with Gasteiger partial charge in [0.1, 0.15) is 4.88 Å². The number of esters is 1. The molecule has 0 aliphatic carbocycles. The molecule has 0 bridgehead atoms. The Morgan fingerprint density at radius 2 is 1.92 bits per heavy atom. The number of carbonyl (C=O) groups excluding carboxylic acids is 2. The van der Waals surface area contributed by atoms with Crippen LogP contribution in [0, 0.1) is 0 Å². The molecule has 0 aliphatic rings. The van der Waals surface area contributed by atoms with Crippen molar-refractivity contribution in [1.29, 1.82) is 0 Å². The molecule has 0 radical (unpaired) electrons. The Morgan fingerprint density at radius 3 is 2.52 bits per heavy atom. The molecule has 1 aromatic carbocycles. The average Bonchev–Trinajstić information content (AvgIpc) is 3.02. The largest absolute Gasteiger partial charge is 0.465 e. The van der Waals surface area contributed by atoms with Gasteiger partial charge in [-0.2, -0.15) is 0 Å². The van der Waals surface area contributed by atoms with E-state index in [0.717, 1.165) is 15.6 Å². The Labute approximate surface area is 154 Å². The fraction of sp³-hybridized carbons (Fsp3) is 0.200. The number of rotatable bonds is 5. The van der Waals surface area contributed by atoms with E-state index < -0.39 is 21.9 Å². The van der Waals surface area contributed by atoms with Crippen LogP contribution in [-0.4, -0.2) is 45.8 Å². The Bertz CT molecular complexity index is 922. The molecule has 1 amide bonds. The van der Waals surface area contributed by atoms with Gasteiger partial charge in [-0.15, -0.1) is 11.3 Å². The van der Waals surface area contributed by atoms with Crippen LogP contribution in [0.2, 0.25) is 5.02 Å². The van der Waals surface area contributed by atoms with Crippen LogP contribution in [0.3, 0.4) is 0 Å². The second-order valence-corrected chi connectivity index (χ2v) is 8.51. The van der Waals surface area contributed by atoms with E-state index in [1.165, 1.54) is 39.4 Å². The van der Waals surface area contributed by atoms with E-state index in [9.17, 15) is 18.0 Å². The van der Waals surface area contributed by atoms with Crippen LogP contribution in [0.4, 0.5) is 5.69 Å². The summed E-state index contributed by atoms with van der Waals surface area (Å²) in [5, 5.41) is 4.26. The molecule has 2 aromatic rings. The second-order valence-electron chi connectivity index (χ2n) is 5.04. The van der Waals surface area contributed by atoms with Gasteiger partial charge in [0.05, 0.1) is 28.3 Å². The summed E-state index contributed by atoms with van der Waals surface area (Å²) < 4.78 is 30.1. The van der Waals surface area contributed by atoms with Crippen LogP contribution in [-0.2, 0) is 14.8 Å². The summed E-state index contributed by atoms with van der Waals surface area (Å²) in [6.45, 7) is 0. The highest BCUT2D eigenvalue weighted by atomic mass is 35.5. The maximum atomic E-state index is 12.5. The van der Waals surface area contributed by atoms with E-state index in [1.807, 2.05) is 0 Å².